The molecule has 4 rings (SSSR count). The van der Waals surface area contributed by atoms with E-state index < -0.39 is 0 Å². The van der Waals surface area contributed by atoms with Crippen LogP contribution in [-0.4, -0.2) is 20.1 Å². The summed E-state index contributed by atoms with van der Waals surface area (Å²) in [6, 6.07) is 20.6. The van der Waals surface area contributed by atoms with Gasteiger partial charge in [-0.05, 0) is 58.6 Å². The highest BCUT2D eigenvalue weighted by Crippen LogP contribution is 2.41. The lowest BCUT2D eigenvalue weighted by molar-refractivity contribution is 0.420. The molecule has 1 heterocycles. The summed E-state index contributed by atoms with van der Waals surface area (Å²) in [6.07, 6.45) is 1.92. The molecular weight excluding hydrogens is 394 g/mol. The number of aromatic nitrogens is 3. The lowest BCUT2D eigenvalue weighted by atomic mass is 9.76. The molecule has 32 heavy (non-hydrogen) atoms. The minimum atomic E-state index is -0.161. The smallest absolute Gasteiger partial charge is 0.146 e. The molecule has 0 saturated heterocycles. The Morgan fingerprint density at radius 2 is 1.41 bits per heavy atom. The van der Waals surface area contributed by atoms with Gasteiger partial charge in [-0.1, -0.05) is 84.0 Å². The molecule has 0 aliphatic rings. The van der Waals surface area contributed by atoms with Gasteiger partial charge < -0.3 is 5.11 Å². The first-order chi connectivity index (χ1) is 15.2. The Kier molecular flexibility index (Phi) is 5.58. The number of nitrogens with zero attached hydrogens (tertiary/aromatic N) is 3. The average molecular weight is 428 g/mol. The van der Waals surface area contributed by atoms with Crippen LogP contribution < -0.4 is 0 Å². The maximum absolute atomic E-state index is 11.3. The Balaban J connectivity index is 1.90. The summed E-state index contributed by atoms with van der Waals surface area (Å²) in [4.78, 5) is 1.60. The third-order valence-corrected chi connectivity index (χ3v) is 7.07. The third kappa shape index (κ3) is 3.90. The van der Waals surface area contributed by atoms with Crippen molar-refractivity contribution >= 4 is 11.0 Å². The number of hydrogen-bond donors (Lipinski definition) is 1. The van der Waals surface area contributed by atoms with Gasteiger partial charge in [0.05, 0.1) is 0 Å². The van der Waals surface area contributed by atoms with Crippen LogP contribution in [0.5, 0.6) is 5.75 Å². The summed E-state index contributed by atoms with van der Waals surface area (Å²) >= 11 is 0. The largest absolute Gasteiger partial charge is 0.505 e. The number of aromatic hydroxyl groups is 1. The van der Waals surface area contributed by atoms with Crippen molar-refractivity contribution in [1.82, 2.24) is 15.0 Å². The fourth-order valence-electron chi connectivity index (χ4n) is 3.91. The molecule has 0 radical (unpaired) electrons. The number of hydrogen-bond acceptors (Lipinski definition) is 3. The van der Waals surface area contributed by atoms with E-state index in [0.717, 1.165) is 40.6 Å². The molecule has 0 fully saturated rings. The van der Waals surface area contributed by atoms with Gasteiger partial charge in [0.1, 0.15) is 22.5 Å². The molecule has 0 unspecified atom stereocenters. The van der Waals surface area contributed by atoms with Crippen molar-refractivity contribution in [3.05, 3.63) is 71.8 Å². The monoisotopic (exact) mass is 427 g/mol. The lowest BCUT2D eigenvalue weighted by Crippen LogP contribution is -2.21. The highest BCUT2D eigenvalue weighted by molar-refractivity contribution is 5.81. The third-order valence-electron chi connectivity index (χ3n) is 7.07. The molecule has 4 aromatic rings. The van der Waals surface area contributed by atoms with E-state index in [0.29, 0.717) is 5.69 Å². The molecule has 1 N–H and O–H groups in total. The molecule has 0 atom stereocenters. The first kappa shape index (κ1) is 22.1. The normalized spacial score (nSPS) is 12.4. The Labute approximate surface area is 190 Å². The van der Waals surface area contributed by atoms with E-state index in [9.17, 15) is 5.11 Å². The minimum Gasteiger partial charge on any atom is -0.505 e. The molecule has 0 aliphatic carbocycles. The van der Waals surface area contributed by atoms with Crippen molar-refractivity contribution in [2.45, 2.75) is 65.2 Å². The first-order valence-electron chi connectivity index (χ1n) is 11.5. The van der Waals surface area contributed by atoms with Gasteiger partial charge in [0.15, 0.2) is 0 Å². The summed E-state index contributed by atoms with van der Waals surface area (Å²) in [5.41, 5.74) is 6.45. The van der Waals surface area contributed by atoms with E-state index in [-0.39, 0.29) is 16.6 Å². The Morgan fingerprint density at radius 3 is 2.06 bits per heavy atom. The predicted octanol–water partition coefficient (Wildman–Crippen LogP) is 7.17. The molecular formula is C28H33N3O. The molecule has 0 bridgehead atoms. The van der Waals surface area contributed by atoms with Gasteiger partial charge in [0, 0.05) is 5.56 Å². The van der Waals surface area contributed by atoms with E-state index in [1.165, 1.54) is 5.56 Å². The molecule has 0 spiro atoms. The van der Waals surface area contributed by atoms with Crippen LogP contribution in [0.2, 0.25) is 0 Å². The van der Waals surface area contributed by atoms with Gasteiger partial charge in [0.2, 0.25) is 0 Å². The molecule has 0 saturated carbocycles. The zero-order valence-electron chi connectivity index (χ0n) is 20.0. The zero-order chi connectivity index (χ0) is 23.1. The minimum absolute atomic E-state index is 0.0198. The fraction of sp³-hybridized carbons (Fsp3) is 0.357. The topological polar surface area (TPSA) is 50.9 Å². The molecule has 4 heteroatoms. The number of phenolic OH excluding ortho intramolecular Hbond substituents is 1. The van der Waals surface area contributed by atoms with Crippen molar-refractivity contribution in [1.29, 1.82) is 0 Å². The summed E-state index contributed by atoms with van der Waals surface area (Å²) in [6.45, 7) is 13.2. The standard InChI is InChI=1S/C28H33N3O/c1-7-27(3,4)21-17-22(28(5,6)8-2)26(32)25(18-21)31-29-23-15-14-20(16-24(23)30-31)19-12-10-9-11-13-19/h9-18,32H,7-8H2,1-6H3. The van der Waals surface area contributed by atoms with E-state index >= 15 is 0 Å². The van der Waals surface area contributed by atoms with Crippen LogP contribution in [0.4, 0.5) is 0 Å². The summed E-state index contributed by atoms with van der Waals surface area (Å²) in [5, 5.41) is 20.8. The van der Waals surface area contributed by atoms with Crippen LogP contribution in [0, 0.1) is 0 Å². The number of phenols is 1. The van der Waals surface area contributed by atoms with Crippen LogP contribution in [0.15, 0.2) is 60.7 Å². The molecule has 0 amide bonds. The van der Waals surface area contributed by atoms with Gasteiger partial charge in [-0.2, -0.15) is 0 Å². The van der Waals surface area contributed by atoms with Crippen LogP contribution in [0.3, 0.4) is 0 Å². The molecule has 1 aromatic heterocycles. The lowest BCUT2D eigenvalue weighted by Gasteiger charge is -2.30. The summed E-state index contributed by atoms with van der Waals surface area (Å²) in [5.74, 6) is 0.260. The molecule has 166 valence electrons. The quantitative estimate of drug-likeness (QED) is 0.355. The second kappa shape index (κ2) is 8.09. The van der Waals surface area contributed by atoms with Crippen LogP contribution >= 0.6 is 0 Å². The van der Waals surface area contributed by atoms with Crippen molar-refractivity contribution in [3.8, 4) is 22.6 Å². The molecule has 4 nitrogen and oxygen atoms in total. The van der Waals surface area contributed by atoms with E-state index in [1.54, 1.807) is 4.80 Å². The molecule has 3 aromatic carbocycles. The predicted molar refractivity (Wildman–Crippen MR) is 133 cm³/mol. The van der Waals surface area contributed by atoms with E-state index in [4.69, 9.17) is 10.2 Å². The maximum Gasteiger partial charge on any atom is 0.146 e. The molecule has 0 aliphatic heterocycles. The Bertz CT molecular complexity index is 1250. The van der Waals surface area contributed by atoms with E-state index in [2.05, 4.69) is 71.9 Å². The number of benzene rings is 3. The van der Waals surface area contributed by atoms with Crippen LogP contribution in [-0.2, 0) is 10.8 Å². The highest BCUT2D eigenvalue weighted by Gasteiger charge is 2.29. The fourth-order valence-corrected chi connectivity index (χ4v) is 3.91. The Hall–Kier alpha value is -3.14. The van der Waals surface area contributed by atoms with Crippen LogP contribution in [0.1, 0.15) is 65.5 Å². The van der Waals surface area contributed by atoms with E-state index in [1.807, 2.05) is 30.3 Å². The zero-order valence-corrected chi connectivity index (χ0v) is 20.0. The van der Waals surface area contributed by atoms with Gasteiger partial charge in [-0.3, -0.25) is 0 Å². The van der Waals surface area contributed by atoms with Crippen molar-refractivity contribution in [3.63, 3.8) is 0 Å². The van der Waals surface area contributed by atoms with Gasteiger partial charge in [0.25, 0.3) is 0 Å². The second-order valence-corrected chi connectivity index (χ2v) is 9.93. The summed E-state index contributed by atoms with van der Waals surface area (Å²) in [7, 11) is 0. The van der Waals surface area contributed by atoms with Gasteiger partial charge in [-0.25, -0.2) is 0 Å². The van der Waals surface area contributed by atoms with Crippen molar-refractivity contribution in [2.75, 3.05) is 0 Å². The second-order valence-electron chi connectivity index (χ2n) is 9.93. The van der Waals surface area contributed by atoms with Gasteiger partial charge in [-0.15, -0.1) is 15.0 Å². The summed E-state index contributed by atoms with van der Waals surface area (Å²) < 4.78 is 0. The first-order valence-corrected chi connectivity index (χ1v) is 11.5. The SMILES string of the molecule is CCC(C)(C)c1cc(-n2nc3ccc(-c4ccccc4)cc3n2)c(O)c(C(C)(C)CC)c1. The average Bonchev–Trinajstić information content (AvgIpc) is 3.22. The van der Waals surface area contributed by atoms with Crippen molar-refractivity contribution < 1.29 is 5.11 Å². The Morgan fingerprint density at radius 1 is 0.750 bits per heavy atom. The number of fused-ring (bicyclic) bond motifs is 1. The highest BCUT2D eigenvalue weighted by atomic mass is 16.3. The van der Waals surface area contributed by atoms with Crippen LogP contribution in [0.25, 0.3) is 27.8 Å². The van der Waals surface area contributed by atoms with Gasteiger partial charge >= 0.3 is 0 Å². The number of rotatable bonds is 6. The maximum atomic E-state index is 11.3. The van der Waals surface area contributed by atoms with Crippen molar-refractivity contribution in [2.24, 2.45) is 0 Å².